The molecule has 4 nitrogen and oxygen atoms in total. The average Bonchev–Trinajstić information content (AvgIpc) is 3.16. The number of furan rings is 1. The number of hydrogen-bond donors (Lipinski definition) is 1. The first-order chi connectivity index (χ1) is 11.3. The van der Waals surface area contributed by atoms with Crippen molar-refractivity contribution in [3.05, 3.63) is 59.0 Å². The Labute approximate surface area is 143 Å². The van der Waals surface area contributed by atoms with Gasteiger partial charge in [-0.25, -0.2) is 9.37 Å². The van der Waals surface area contributed by atoms with E-state index in [0.29, 0.717) is 16.5 Å². The Morgan fingerprint density at radius 2 is 1.96 bits per heavy atom. The highest BCUT2D eigenvalue weighted by molar-refractivity contribution is 7.14. The molecule has 0 aliphatic heterocycles. The van der Waals surface area contributed by atoms with Crippen LogP contribution in [-0.4, -0.2) is 10.9 Å². The van der Waals surface area contributed by atoms with Crippen molar-refractivity contribution >= 4 is 22.4 Å². The van der Waals surface area contributed by atoms with Gasteiger partial charge in [-0.1, -0.05) is 32.9 Å². The molecule has 6 heteroatoms. The number of amides is 1. The Kier molecular flexibility index (Phi) is 4.24. The van der Waals surface area contributed by atoms with Crippen molar-refractivity contribution in [3.63, 3.8) is 0 Å². The van der Waals surface area contributed by atoms with E-state index in [1.165, 1.54) is 23.5 Å². The van der Waals surface area contributed by atoms with Gasteiger partial charge in [0.25, 0.3) is 5.91 Å². The van der Waals surface area contributed by atoms with Gasteiger partial charge >= 0.3 is 0 Å². The van der Waals surface area contributed by atoms with Crippen LogP contribution in [0.1, 0.15) is 37.0 Å². The second-order valence-electron chi connectivity index (χ2n) is 6.39. The lowest BCUT2D eigenvalue weighted by Crippen LogP contribution is -2.13. The van der Waals surface area contributed by atoms with Crippen LogP contribution in [0.3, 0.4) is 0 Å². The molecule has 0 radical (unpaired) electrons. The fourth-order valence-electron chi connectivity index (χ4n) is 2.10. The quantitative estimate of drug-likeness (QED) is 0.720. The molecule has 0 unspecified atom stereocenters. The van der Waals surface area contributed by atoms with E-state index in [-0.39, 0.29) is 11.2 Å². The van der Waals surface area contributed by atoms with Gasteiger partial charge in [-0.05, 0) is 24.3 Å². The Hall–Kier alpha value is -2.47. The van der Waals surface area contributed by atoms with Gasteiger partial charge in [0.1, 0.15) is 11.6 Å². The number of aromatic nitrogens is 1. The van der Waals surface area contributed by atoms with E-state index in [1.807, 2.05) is 5.38 Å². The Balaban J connectivity index is 1.77. The minimum absolute atomic E-state index is 0.0812. The molecule has 3 rings (SSSR count). The van der Waals surface area contributed by atoms with Crippen LogP contribution in [-0.2, 0) is 5.41 Å². The minimum Gasteiger partial charge on any atom is -0.451 e. The lowest BCUT2D eigenvalue weighted by atomic mass is 9.93. The van der Waals surface area contributed by atoms with Crippen LogP contribution in [0.4, 0.5) is 9.52 Å². The molecule has 24 heavy (non-hydrogen) atoms. The number of rotatable bonds is 3. The zero-order chi connectivity index (χ0) is 17.3. The molecule has 0 atom stereocenters. The molecule has 0 fully saturated rings. The number of benzene rings is 1. The van der Waals surface area contributed by atoms with Gasteiger partial charge in [-0.15, -0.1) is 11.3 Å². The number of nitrogens with zero attached hydrogens (tertiary/aromatic N) is 1. The summed E-state index contributed by atoms with van der Waals surface area (Å²) in [6, 6.07) is 9.37. The summed E-state index contributed by atoms with van der Waals surface area (Å²) in [5.74, 6) is -0.380. The van der Waals surface area contributed by atoms with Crippen LogP contribution in [0, 0.1) is 5.82 Å². The first-order valence-electron chi connectivity index (χ1n) is 7.47. The number of carbonyl (C=O) groups is 1. The fourth-order valence-corrected chi connectivity index (χ4v) is 3.03. The van der Waals surface area contributed by atoms with E-state index in [1.54, 1.807) is 24.3 Å². The molecule has 2 aromatic heterocycles. The van der Waals surface area contributed by atoms with E-state index in [9.17, 15) is 9.18 Å². The van der Waals surface area contributed by atoms with Gasteiger partial charge in [-0.2, -0.15) is 0 Å². The fraction of sp³-hybridized carbons (Fsp3) is 0.222. The first-order valence-corrected chi connectivity index (χ1v) is 8.34. The third kappa shape index (κ3) is 3.38. The number of hydrogen-bond acceptors (Lipinski definition) is 4. The summed E-state index contributed by atoms with van der Waals surface area (Å²) in [5, 5.41) is 5.14. The van der Waals surface area contributed by atoms with Gasteiger partial charge in [0, 0.05) is 10.8 Å². The predicted octanol–water partition coefficient (Wildman–Crippen LogP) is 5.09. The topological polar surface area (TPSA) is 55.1 Å². The van der Waals surface area contributed by atoms with Gasteiger partial charge in [0.2, 0.25) is 0 Å². The SMILES string of the molecule is CC(C)(C)c1csc(NC(=O)c2ccc(-c3ccccc3F)o2)n1. The summed E-state index contributed by atoms with van der Waals surface area (Å²) >= 11 is 1.36. The maximum Gasteiger partial charge on any atom is 0.293 e. The maximum absolute atomic E-state index is 13.8. The lowest BCUT2D eigenvalue weighted by Gasteiger charge is -2.14. The summed E-state index contributed by atoms with van der Waals surface area (Å²) in [4.78, 5) is 16.7. The van der Waals surface area contributed by atoms with E-state index >= 15 is 0 Å². The van der Waals surface area contributed by atoms with Gasteiger partial charge in [0.15, 0.2) is 10.9 Å². The van der Waals surface area contributed by atoms with Crippen molar-refractivity contribution < 1.29 is 13.6 Å². The molecule has 1 aromatic carbocycles. The zero-order valence-electron chi connectivity index (χ0n) is 13.6. The zero-order valence-corrected chi connectivity index (χ0v) is 14.4. The number of carbonyl (C=O) groups excluding carboxylic acids is 1. The monoisotopic (exact) mass is 344 g/mol. The Bertz CT molecular complexity index is 877. The molecule has 0 spiro atoms. The van der Waals surface area contributed by atoms with Crippen molar-refractivity contribution in [1.29, 1.82) is 0 Å². The minimum atomic E-state index is -0.410. The van der Waals surface area contributed by atoms with Crippen molar-refractivity contribution in [1.82, 2.24) is 4.98 Å². The van der Waals surface area contributed by atoms with Gasteiger partial charge in [-0.3, -0.25) is 10.1 Å². The Morgan fingerprint density at radius 1 is 1.21 bits per heavy atom. The molecule has 0 aliphatic carbocycles. The standard InChI is InChI=1S/C18H17FN2O2S/c1-18(2,3)15-10-24-17(20-15)21-16(22)14-9-8-13(23-14)11-6-4-5-7-12(11)19/h4-10H,1-3H3,(H,20,21,22). The molecule has 0 bridgehead atoms. The summed E-state index contributed by atoms with van der Waals surface area (Å²) < 4.78 is 19.3. The first kappa shape index (κ1) is 16.4. The average molecular weight is 344 g/mol. The molecule has 1 amide bonds. The molecule has 1 N–H and O–H groups in total. The molecule has 3 aromatic rings. The summed E-state index contributed by atoms with van der Waals surface area (Å²) in [5.41, 5.74) is 1.15. The molecule has 0 saturated carbocycles. The number of thiazole rings is 1. The highest BCUT2D eigenvalue weighted by atomic mass is 32.1. The molecule has 124 valence electrons. The van der Waals surface area contributed by atoms with Crippen LogP contribution in [0.5, 0.6) is 0 Å². The second-order valence-corrected chi connectivity index (χ2v) is 7.24. The summed E-state index contributed by atoms with van der Waals surface area (Å²) in [6.45, 7) is 6.17. The molecule has 0 saturated heterocycles. The third-order valence-corrected chi connectivity index (χ3v) is 4.22. The molecule has 0 aliphatic rings. The molecular formula is C18H17FN2O2S. The molecular weight excluding hydrogens is 327 g/mol. The van der Waals surface area contributed by atoms with E-state index in [2.05, 4.69) is 31.1 Å². The maximum atomic E-state index is 13.8. The second kappa shape index (κ2) is 6.20. The lowest BCUT2D eigenvalue weighted by molar-refractivity contribution is 0.0997. The predicted molar refractivity (Wildman–Crippen MR) is 92.9 cm³/mol. The number of anilines is 1. The van der Waals surface area contributed by atoms with E-state index < -0.39 is 11.7 Å². The highest BCUT2D eigenvalue weighted by Gasteiger charge is 2.19. The van der Waals surface area contributed by atoms with Crippen molar-refractivity contribution in [2.75, 3.05) is 5.32 Å². The van der Waals surface area contributed by atoms with Crippen LogP contribution in [0.25, 0.3) is 11.3 Å². The van der Waals surface area contributed by atoms with Crippen LogP contribution < -0.4 is 5.32 Å². The van der Waals surface area contributed by atoms with Gasteiger partial charge < -0.3 is 4.42 Å². The largest absolute Gasteiger partial charge is 0.451 e. The van der Waals surface area contributed by atoms with Crippen LogP contribution in [0.15, 0.2) is 46.2 Å². The normalized spacial score (nSPS) is 11.5. The van der Waals surface area contributed by atoms with Gasteiger partial charge in [0.05, 0.1) is 11.3 Å². The van der Waals surface area contributed by atoms with Crippen molar-refractivity contribution in [2.45, 2.75) is 26.2 Å². The van der Waals surface area contributed by atoms with Crippen LogP contribution in [0.2, 0.25) is 0 Å². The van der Waals surface area contributed by atoms with Crippen molar-refractivity contribution in [2.24, 2.45) is 0 Å². The summed E-state index contributed by atoms with van der Waals surface area (Å²) in [6.07, 6.45) is 0. The Morgan fingerprint density at radius 3 is 2.62 bits per heavy atom. The summed E-state index contributed by atoms with van der Waals surface area (Å²) in [7, 11) is 0. The van der Waals surface area contributed by atoms with E-state index in [4.69, 9.17) is 4.42 Å². The van der Waals surface area contributed by atoms with Crippen LogP contribution >= 0.6 is 11.3 Å². The van der Waals surface area contributed by atoms with Crippen molar-refractivity contribution in [3.8, 4) is 11.3 Å². The van der Waals surface area contributed by atoms with E-state index in [0.717, 1.165) is 5.69 Å². The smallest absolute Gasteiger partial charge is 0.293 e. The molecule has 2 heterocycles. The highest BCUT2D eigenvalue weighted by Crippen LogP contribution is 2.28. The number of nitrogens with one attached hydrogen (secondary N) is 1. The third-order valence-electron chi connectivity index (χ3n) is 3.46. The number of halogens is 1.